The van der Waals surface area contributed by atoms with Crippen molar-refractivity contribution in [2.75, 3.05) is 0 Å². The molecule has 0 radical (unpaired) electrons. The lowest BCUT2D eigenvalue weighted by Gasteiger charge is -2.12. The van der Waals surface area contributed by atoms with Gasteiger partial charge in [0.25, 0.3) is 0 Å². The molecule has 0 unspecified atom stereocenters. The molecule has 0 aliphatic carbocycles. The Balaban J connectivity index is 1.76. The van der Waals surface area contributed by atoms with Crippen LogP contribution in [0.15, 0.2) is 91.5 Å². The summed E-state index contributed by atoms with van der Waals surface area (Å²) < 4.78 is 1.95. The zero-order valence-corrected chi connectivity index (χ0v) is 15.6. The zero-order chi connectivity index (χ0) is 18.9. The molecule has 0 N–H and O–H groups in total. The first kappa shape index (κ1) is 16.7. The molecule has 2 heterocycles. The molecule has 0 saturated heterocycles. The SMILES string of the molecule is Clc1ncnc2c1ncn2-c1cc(-c2ccccc2)cc(-c2ccccc2)c1. The maximum atomic E-state index is 6.19. The van der Waals surface area contributed by atoms with Crippen LogP contribution in [0.3, 0.4) is 0 Å². The number of rotatable bonds is 3. The Kier molecular flexibility index (Phi) is 4.11. The Bertz CT molecular complexity index is 1210. The Labute approximate surface area is 167 Å². The summed E-state index contributed by atoms with van der Waals surface area (Å²) in [4.78, 5) is 12.8. The van der Waals surface area contributed by atoms with Crippen molar-refractivity contribution in [2.24, 2.45) is 0 Å². The molecule has 3 aromatic carbocycles. The molecule has 0 bridgehead atoms. The molecular weight excluding hydrogens is 368 g/mol. The highest BCUT2D eigenvalue weighted by atomic mass is 35.5. The number of fused-ring (bicyclic) bond motifs is 1. The second kappa shape index (κ2) is 6.91. The van der Waals surface area contributed by atoms with Gasteiger partial charge in [0.2, 0.25) is 0 Å². The van der Waals surface area contributed by atoms with E-state index in [-0.39, 0.29) is 0 Å². The molecule has 0 saturated carbocycles. The molecule has 4 nitrogen and oxygen atoms in total. The smallest absolute Gasteiger partial charge is 0.169 e. The van der Waals surface area contributed by atoms with Crippen molar-refractivity contribution in [3.05, 3.63) is 96.7 Å². The van der Waals surface area contributed by atoms with Crippen molar-refractivity contribution in [3.8, 4) is 27.9 Å². The topological polar surface area (TPSA) is 43.6 Å². The Morgan fingerprint density at radius 1 is 0.643 bits per heavy atom. The van der Waals surface area contributed by atoms with E-state index < -0.39 is 0 Å². The molecule has 134 valence electrons. The van der Waals surface area contributed by atoms with E-state index in [0.717, 1.165) is 27.9 Å². The minimum atomic E-state index is 0.353. The van der Waals surface area contributed by atoms with E-state index in [1.165, 1.54) is 6.33 Å². The molecule has 0 spiro atoms. The molecule has 0 atom stereocenters. The highest BCUT2D eigenvalue weighted by Crippen LogP contribution is 2.31. The standard InChI is InChI=1S/C23H15ClN4/c24-22-21-23(26-14-25-22)28(15-27-21)20-12-18(16-7-3-1-4-8-16)11-19(13-20)17-9-5-2-6-10-17/h1-15H. The number of hydrogen-bond acceptors (Lipinski definition) is 3. The molecular formula is C23H15ClN4. The molecule has 5 heteroatoms. The largest absolute Gasteiger partial charge is 0.283 e. The number of nitrogens with zero attached hydrogens (tertiary/aromatic N) is 4. The first-order valence-corrected chi connectivity index (χ1v) is 9.27. The molecule has 0 fully saturated rings. The predicted molar refractivity (Wildman–Crippen MR) is 113 cm³/mol. The minimum absolute atomic E-state index is 0.353. The molecule has 28 heavy (non-hydrogen) atoms. The summed E-state index contributed by atoms with van der Waals surface area (Å²) in [6, 6.07) is 27.1. The van der Waals surface area contributed by atoms with Crippen molar-refractivity contribution in [1.29, 1.82) is 0 Å². The fourth-order valence-corrected chi connectivity index (χ4v) is 3.52. The van der Waals surface area contributed by atoms with Gasteiger partial charge in [-0.25, -0.2) is 15.0 Å². The summed E-state index contributed by atoms with van der Waals surface area (Å²) in [5.74, 6) is 0. The fourth-order valence-electron chi connectivity index (χ4n) is 3.34. The first-order valence-electron chi connectivity index (χ1n) is 8.89. The van der Waals surface area contributed by atoms with Crippen molar-refractivity contribution in [1.82, 2.24) is 19.5 Å². The van der Waals surface area contributed by atoms with E-state index in [0.29, 0.717) is 16.3 Å². The highest BCUT2D eigenvalue weighted by Gasteiger charge is 2.12. The number of benzene rings is 3. The van der Waals surface area contributed by atoms with Gasteiger partial charge in [-0.15, -0.1) is 0 Å². The summed E-state index contributed by atoms with van der Waals surface area (Å²) in [5, 5.41) is 0.353. The Morgan fingerprint density at radius 2 is 1.25 bits per heavy atom. The minimum Gasteiger partial charge on any atom is -0.283 e. The fraction of sp³-hybridized carbons (Fsp3) is 0. The Hall–Kier alpha value is -3.50. The predicted octanol–water partition coefficient (Wildman–Crippen LogP) is 5.80. The van der Waals surface area contributed by atoms with E-state index >= 15 is 0 Å². The van der Waals surface area contributed by atoms with Crippen LogP contribution in [-0.4, -0.2) is 19.5 Å². The molecule has 0 aliphatic rings. The van der Waals surface area contributed by atoms with Crippen LogP contribution in [0.4, 0.5) is 0 Å². The molecule has 2 aromatic heterocycles. The highest BCUT2D eigenvalue weighted by molar-refractivity contribution is 6.33. The quantitative estimate of drug-likeness (QED) is 0.370. The van der Waals surface area contributed by atoms with Crippen LogP contribution >= 0.6 is 11.6 Å². The van der Waals surface area contributed by atoms with Gasteiger partial charge in [0.15, 0.2) is 10.8 Å². The van der Waals surface area contributed by atoms with Crippen LogP contribution in [0.2, 0.25) is 5.15 Å². The summed E-state index contributed by atoms with van der Waals surface area (Å²) in [6.45, 7) is 0. The summed E-state index contributed by atoms with van der Waals surface area (Å²) in [5.41, 5.74) is 6.80. The lowest BCUT2D eigenvalue weighted by atomic mass is 9.98. The maximum Gasteiger partial charge on any atom is 0.169 e. The number of aromatic nitrogens is 4. The zero-order valence-electron chi connectivity index (χ0n) is 14.8. The molecule has 0 amide bonds. The monoisotopic (exact) mass is 382 g/mol. The third kappa shape index (κ3) is 2.94. The van der Waals surface area contributed by atoms with Crippen LogP contribution in [0.5, 0.6) is 0 Å². The average molecular weight is 383 g/mol. The number of imidazole rings is 1. The van der Waals surface area contributed by atoms with Crippen LogP contribution < -0.4 is 0 Å². The average Bonchev–Trinajstić information content (AvgIpc) is 3.20. The maximum absolute atomic E-state index is 6.19. The van der Waals surface area contributed by atoms with E-state index in [4.69, 9.17) is 11.6 Å². The van der Waals surface area contributed by atoms with Gasteiger partial charge in [0.1, 0.15) is 18.2 Å². The van der Waals surface area contributed by atoms with E-state index in [1.54, 1.807) is 6.33 Å². The number of halogens is 1. The van der Waals surface area contributed by atoms with Gasteiger partial charge < -0.3 is 0 Å². The first-order chi connectivity index (χ1) is 13.8. The van der Waals surface area contributed by atoms with Crippen LogP contribution in [-0.2, 0) is 0 Å². The van der Waals surface area contributed by atoms with Crippen molar-refractivity contribution >= 4 is 22.8 Å². The van der Waals surface area contributed by atoms with E-state index in [2.05, 4.69) is 57.4 Å². The molecule has 5 aromatic rings. The third-order valence-electron chi connectivity index (χ3n) is 4.70. The van der Waals surface area contributed by atoms with Crippen LogP contribution in [0.25, 0.3) is 39.1 Å². The summed E-state index contributed by atoms with van der Waals surface area (Å²) in [7, 11) is 0. The van der Waals surface area contributed by atoms with Crippen molar-refractivity contribution in [2.45, 2.75) is 0 Å². The normalized spacial score (nSPS) is 11.0. The lowest BCUT2D eigenvalue weighted by molar-refractivity contribution is 1.06. The van der Waals surface area contributed by atoms with Gasteiger partial charge in [0.05, 0.1) is 0 Å². The summed E-state index contributed by atoms with van der Waals surface area (Å²) in [6.07, 6.45) is 3.20. The van der Waals surface area contributed by atoms with Gasteiger partial charge in [-0.1, -0.05) is 72.3 Å². The van der Waals surface area contributed by atoms with Crippen molar-refractivity contribution in [3.63, 3.8) is 0 Å². The molecule has 5 rings (SSSR count). The van der Waals surface area contributed by atoms with Gasteiger partial charge >= 0.3 is 0 Å². The van der Waals surface area contributed by atoms with Crippen LogP contribution in [0, 0.1) is 0 Å². The van der Waals surface area contributed by atoms with Gasteiger partial charge in [-0.05, 0) is 40.5 Å². The van der Waals surface area contributed by atoms with Crippen molar-refractivity contribution < 1.29 is 0 Å². The third-order valence-corrected chi connectivity index (χ3v) is 4.98. The Morgan fingerprint density at radius 3 is 1.86 bits per heavy atom. The van der Waals surface area contributed by atoms with Gasteiger partial charge in [0, 0.05) is 5.69 Å². The van der Waals surface area contributed by atoms with E-state index in [9.17, 15) is 0 Å². The lowest BCUT2D eigenvalue weighted by Crippen LogP contribution is -1.96. The number of hydrogen-bond donors (Lipinski definition) is 0. The van der Waals surface area contributed by atoms with Gasteiger partial charge in [-0.2, -0.15) is 0 Å². The second-order valence-electron chi connectivity index (χ2n) is 6.45. The molecule has 0 aliphatic heterocycles. The second-order valence-corrected chi connectivity index (χ2v) is 6.81. The van der Waals surface area contributed by atoms with E-state index in [1.807, 2.05) is 41.0 Å². The van der Waals surface area contributed by atoms with Gasteiger partial charge in [-0.3, -0.25) is 4.57 Å². The van der Waals surface area contributed by atoms with Crippen LogP contribution in [0.1, 0.15) is 0 Å². The summed E-state index contributed by atoms with van der Waals surface area (Å²) >= 11 is 6.19.